The van der Waals surface area contributed by atoms with Gasteiger partial charge in [-0.3, -0.25) is 9.52 Å². The van der Waals surface area contributed by atoms with Crippen LogP contribution in [-0.4, -0.2) is 26.4 Å². The molecule has 6 nitrogen and oxygen atoms in total. The van der Waals surface area contributed by atoms with E-state index in [0.717, 1.165) is 12.8 Å². The van der Waals surface area contributed by atoms with E-state index in [1.165, 1.54) is 18.2 Å². The van der Waals surface area contributed by atoms with Gasteiger partial charge in [0, 0.05) is 17.8 Å². The van der Waals surface area contributed by atoms with E-state index < -0.39 is 15.6 Å². The Kier molecular flexibility index (Phi) is 5.02. The number of nitrogens with two attached hydrogens (primary N) is 1. The number of hydrogen-bond acceptors (Lipinski definition) is 4. The summed E-state index contributed by atoms with van der Waals surface area (Å²) in [7, 11) is -3.70. The second-order valence-electron chi connectivity index (χ2n) is 6.85. The van der Waals surface area contributed by atoms with E-state index in [0.29, 0.717) is 23.7 Å². The second-order valence-corrected chi connectivity index (χ2v) is 8.53. The lowest BCUT2D eigenvalue weighted by molar-refractivity contribution is 0.0898. The second kappa shape index (κ2) is 7.09. The number of hydrogen-bond donors (Lipinski definition) is 3. The van der Waals surface area contributed by atoms with Crippen molar-refractivity contribution < 1.29 is 13.2 Å². The standard InChI is InChI=1S/C19H23N3O3S/c1-19(13-20,15-10-11-15)21-18(23)14-6-5-7-16(12-14)22-26(24,25)17-8-3-2-4-9-17/h2-9,12,15,22H,10-11,13,20H2,1H3,(H,21,23). The smallest absolute Gasteiger partial charge is 0.261 e. The van der Waals surface area contributed by atoms with E-state index in [4.69, 9.17) is 5.73 Å². The monoisotopic (exact) mass is 373 g/mol. The lowest BCUT2D eigenvalue weighted by Crippen LogP contribution is -2.53. The molecular formula is C19H23N3O3S. The predicted molar refractivity (Wildman–Crippen MR) is 101 cm³/mol. The molecule has 0 spiro atoms. The maximum atomic E-state index is 12.6. The fourth-order valence-electron chi connectivity index (χ4n) is 2.91. The first kappa shape index (κ1) is 18.4. The molecule has 2 aromatic carbocycles. The molecule has 138 valence electrons. The third kappa shape index (κ3) is 4.05. The first-order chi connectivity index (χ1) is 12.3. The van der Waals surface area contributed by atoms with Crippen LogP contribution in [0.4, 0.5) is 5.69 Å². The van der Waals surface area contributed by atoms with Gasteiger partial charge in [-0.1, -0.05) is 24.3 Å². The Labute approximate surface area is 153 Å². The van der Waals surface area contributed by atoms with E-state index >= 15 is 0 Å². The topological polar surface area (TPSA) is 101 Å². The van der Waals surface area contributed by atoms with Crippen molar-refractivity contribution in [2.24, 2.45) is 11.7 Å². The zero-order valence-corrected chi connectivity index (χ0v) is 15.4. The summed E-state index contributed by atoms with van der Waals surface area (Å²) in [6, 6.07) is 14.5. The highest BCUT2D eigenvalue weighted by molar-refractivity contribution is 7.92. The molecule has 1 saturated carbocycles. The molecule has 1 fully saturated rings. The average molecular weight is 373 g/mol. The van der Waals surface area contributed by atoms with Crippen molar-refractivity contribution >= 4 is 21.6 Å². The van der Waals surface area contributed by atoms with Crippen molar-refractivity contribution in [3.05, 3.63) is 60.2 Å². The highest BCUT2D eigenvalue weighted by Gasteiger charge is 2.41. The Morgan fingerprint density at radius 1 is 1.15 bits per heavy atom. The summed E-state index contributed by atoms with van der Waals surface area (Å²) >= 11 is 0. The van der Waals surface area contributed by atoms with Crippen molar-refractivity contribution in [3.8, 4) is 0 Å². The molecule has 1 atom stereocenters. The Bertz CT molecular complexity index is 895. The molecule has 0 aromatic heterocycles. The summed E-state index contributed by atoms with van der Waals surface area (Å²) in [6.07, 6.45) is 2.12. The number of rotatable bonds is 7. The van der Waals surface area contributed by atoms with Crippen LogP contribution >= 0.6 is 0 Å². The zero-order valence-electron chi connectivity index (χ0n) is 14.6. The molecule has 2 aromatic rings. The van der Waals surface area contributed by atoms with Gasteiger partial charge in [0.25, 0.3) is 15.9 Å². The molecule has 1 aliphatic carbocycles. The van der Waals surface area contributed by atoms with Crippen LogP contribution in [0.2, 0.25) is 0 Å². The van der Waals surface area contributed by atoms with Gasteiger partial charge < -0.3 is 11.1 Å². The minimum Gasteiger partial charge on any atom is -0.345 e. The molecule has 0 aliphatic heterocycles. The van der Waals surface area contributed by atoms with E-state index in [1.54, 1.807) is 36.4 Å². The average Bonchev–Trinajstić information content (AvgIpc) is 3.48. The van der Waals surface area contributed by atoms with Gasteiger partial charge in [-0.15, -0.1) is 0 Å². The van der Waals surface area contributed by atoms with Crippen LogP contribution in [0, 0.1) is 5.92 Å². The first-order valence-corrected chi connectivity index (χ1v) is 10.0. The van der Waals surface area contributed by atoms with Crippen molar-refractivity contribution in [1.29, 1.82) is 0 Å². The first-order valence-electron chi connectivity index (χ1n) is 8.54. The maximum Gasteiger partial charge on any atom is 0.261 e. The Hall–Kier alpha value is -2.38. The third-order valence-electron chi connectivity index (χ3n) is 4.73. The molecule has 4 N–H and O–H groups in total. The molecule has 1 amide bonds. The van der Waals surface area contributed by atoms with Crippen LogP contribution in [0.3, 0.4) is 0 Å². The van der Waals surface area contributed by atoms with E-state index in [9.17, 15) is 13.2 Å². The van der Waals surface area contributed by atoms with Crippen LogP contribution < -0.4 is 15.8 Å². The van der Waals surface area contributed by atoms with Gasteiger partial charge in [-0.05, 0) is 56.0 Å². The fourth-order valence-corrected chi connectivity index (χ4v) is 3.98. The summed E-state index contributed by atoms with van der Waals surface area (Å²) in [5.41, 5.74) is 6.13. The Morgan fingerprint density at radius 3 is 2.46 bits per heavy atom. The van der Waals surface area contributed by atoms with Crippen molar-refractivity contribution in [2.75, 3.05) is 11.3 Å². The van der Waals surface area contributed by atoms with Gasteiger partial charge in [-0.25, -0.2) is 8.42 Å². The number of benzene rings is 2. The van der Waals surface area contributed by atoms with E-state index in [1.807, 2.05) is 6.92 Å². The van der Waals surface area contributed by atoms with Crippen molar-refractivity contribution in [2.45, 2.75) is 30.2 Å². The summed E-state index contributed by atoms with van der Waals surface area (Å²) in [5.74, 6) is 0.141. The van der Waals surface area contributed by atoms with Gasteiger partial charge in [0.15, 0.2) is 0 Å². The quantitative estimate of drug-likeness (QED) is 0.693. The van der Waals surface area contributed by atoms with Crippen LogP contribution in [-0.2, 0) is 10.0 Å². The zero-order chi connectivity index (χ0) is 18.8. The van der Waals surface area contributed by atoms with Gasteiger partial charge in [0.2, 0.25) is 0 Å². The van der Waals surface area contributed by atoms with Crippen LogP contribution in [0.25, 0.3) is 0 Å². The highest BCUT2D eigenvalue weighted by Crippen LogP contribution is 2.39. The largest absolute Gasteiger partial charge is 0.345 e. The molecule has 0 saturated heterocycles. The van der Waals surface area contributed by atoms with Gasteiger partial charge in [-0.2, -0.15) is 0 Å². The van der Waals surface area contributed by atoms with Gasteiger partial charge in [0.05, 0.1) is 10.4 Å². The molecule has 1 unspecified atom stereocenters. The number of nitrogens with one attached hydrogen (secondary N) is 2. The minimum absolute atomic E-state index is 0.166. The summed E-state index contributed by atoms with van der Waals surface area (Å²) in [5, 5.41) is 3.00. The van der Waals surface area contributed by atoms with Crippen LogP contribution in [0.5, 0.6) is 0 Å². The Morgan fingerprint density at radius 2 is 1.85 bits per heavy atom. The maximum absolute atomic E-state index is 12.6. The lowest BCUT2D eigenvalue weighted by Gasteiger charge is -2.29. The predicted octanol–water partition coefficient (Wildman–Crippen LogP) is 2.34. The Balaban J connectivity index is 1.77. The molecule has 3 rings (SSSR count). The van der Waals surface area contributed by atoms with Crippen molar-refractivity contribution in [3.63, 3.8) is 0 Å². The normalized spacial score (nSPS) is 16.5. The van der Waals surface area contributed by atoms with Crippen LogP contribution in [0.15, 0.2) is 59.5 Å². The molecule has 1 aliphatic rings. The third-order valence-corrected chi connectivity index (χ3v) is 6.13. The molecule has 0 bridgehead atoms. The SMILES string of the molecule is CC(CN)(NC(=O)c1cccc(NS(=O)(=O)c2ccccc2)c1)C1CC1. The number of amides is 1. The van der Waals surface area contributed by atoms with Gasteiger partial charge >= 0.3 is 0 Å². The fraction of sp³-hybridized carbons (Fsp3) is 0.316. The molecule has 26 heavy (non-hydrogen) atoms. The highest BCUT2D eigenvalue weighted by atomic mass is 32.2. The lowest BCUT2D eigenvalue weighted by atomic mass is 9.95. The molecular weight excluding hydrogens is 350 g/mol. The van der Waals surface area contributed by atoms with E-state index in [2.05, 4.69) is 10.0 Å². The van der Waals surface area contributed by atoms with Crippen LogP contribution in [0.1, 0.15) is 30.1 Å². The number of carbonyl (C=O) groups is 1. The molecule has 0 radical (unpaired) electrons. The molecule has 0 heterocycles. The number of sulfonamides is 1. The summed E-state index contributed by atoms with van der Waals surface area (Å²) in [4.78, 5) is 12.8. The molecule has 7 heteroatoms. The van der Waals surface area contributed by atoms with E-state index in [-0.39, 0.29) is 10.8 Å². The summed E-state index contributed by atoms with van der Waals surface area (Å²) in [6.45, 7) is 2.31. The number of anilines is 1. The summed E-state index contributed by atoms with van der Waals surface area (Å²) < 4.78 is 27.4. The van der Waals surface area contributed by atoms with Crippen molar-refractivity contribution in [1.82, 2.24) is 5.32 Å². The minimum atomic E-state index is -3.70. The number of carbonyl (C=O) groups excluding carboxylic acids is 1. The van der Waals surface area contributed by atoms with Gasteiger partial charge in [0.1, 0.15) is 0 Å².